The van der Waals surface area contributed by atoms with Gasteiger partial charge in [0, 0.05) is 12.6 Å². The molecule has 3 N–H and O–H groups in total. The molecule has 4 nitrogen and oxygen atoms in total. The minimum Gasteiger partial charge on any atom is -0.507 e. The highest BCUT2D eigenvalue weighted by Gasteiger charge is 2.16. The van der Waals surface area contributed by atoms with Gasteiger partial charge in [-0.1, -0.05) is 11.6 Å². The third-order valence-corrected chi connectivity index (χ3v) is 2.25. The number of phenols is 1. The van der Waals surface area contributed by atoms with E-state index in [2.05, 4.69) is 0 Å². The maximum absolute atomic E-state index is 9.56. The number of methoxy groups -OCH3 is 2. The summed E-state index contributed by atoms with van der Waals surface area (Å²) in [4.78, 5) is 0. The van der Waals surface area contributed by atoms with Gasteiger partial charge >= 0.3 is 0 Å². The lowest BCUT2D eigenvalue weighted by atomic mass is 10.1. The summed E-state index contributed by atoms with van der Waals surface area (Å²) in [7, 11) is 2.92. The van der Waals surface area contributed by atoms with Crippen LogP contribution in [0.4, 0.5) is 0 Å². The summed E-state index contributed by atoms with van der Waals surface area (Å²) in [6.07, 6.45) is 0. The number of hydrogen-bond donors (Lipinski definition) is 2. The molecular weight excluding hydrogens is 206 g/mol. The fourth-order valence-electron chi connectivity index (χ4n) is 1.19. The van der Waals surface area contributed by atoms with Crippen LogP contribution < -0.4 is 15.2 Å². The first-order valence-electron chi connectivity index (χ1n) is 3.98. The van der Waals surface area contributed by atoms with Crippen molar-refractivity contribution in [3.05, 3.63) is 16.7 Å². The molecule has 0 heterocycles. The van der Waals surface area contributed by atoms with Crippen molar-refractivity contribution in [2.24, 2.45) is 5.73 Å². The van der Waals surface area contributed by atoms with Crippen molar-refractivity contribution in [1.82, 2.24) is 0 Å². The van der Waals surface area contributed by atoms with E-state index in [0.29, 0.717) is 22.1 Å². The van der Waals surface area contributed by atoms with E-state index in [1.54, 1.807) is 0 Å². The fraction of sp³-hybridized carbons (Fsp3) is 0.333. The highest BCUT2D eigenvalue weighted by atomic mass is 35.5. The van der Waals surface area contributed by atoms with Crippen LogP contribution in [-0.2, 0) is 6.54 Å². The van der Waals surface area contributed by atoms with Gasteiger partial charge < -0.3 is 20.3 Å². The molecule has 78 valence electrons. The molecule has 0 bridgehead atoms. The molecule has 0 radical (unpaired) electrons. The first-order valence-corrected chi connectivity index (χ1v) is 4.35. The summed E-state index contributed by atoms with van der Waals surface area (Å²) in [5.41, 5.74) is 5.92. The Balaban J connectivity index is 3.40. The second-order valence-corrected chi connectivity index (χ2v) is 3.01. The van der Waals surface area contributed by atoms with Crippen molar-refractivity contribution in [3.63, 3.8) is 0 Å². The molecule has 14 heavy (non-hydrogen) atoms. The van der Waals surface area contributed by atoms with Crippen LogP contribution in [-0.4, -0.2) is 19.3 Å². The Morgan fingerprint density at radius 1 is 1.43 bits per heavy atom. The molecule has 0 unspecified atom stereocenters. The zero-order valence-corrected chi connectivity index (χ0v) is 8.76. The molecule has 5 heteroatoms. The predicted molar refractivity (Wildman–Crippen MR) is 54.1 cm³/mol. The van der Waals surface area contributed by atoms with Gasteiger partial charge in [0.25, 0.3) is 0 Å². The first-order chi connectivity index (χ1) is 6.65. The second-order valence-electron chi connectivity index (χ2n) is 2.63. The van der Waals surface area contributed by atoms with Crippen LogP contribution in [0.25, 0.3) is 0 Å². The molecule has 0 aliphatic rings. The number of phenolic OH excluding ortho intramolecular Hbond substituents is 1. The van der Waals surface area contributed by atoms with Gasteiger partial charge in [-0.25, -0.2) is 0 Å². The lowest BCUT2D eigenvalue weighted by Crippen LogP contribution is -2.02. The second kappa shape index (κ2) is 4.39. The average molecular weight is 218 g/mol. The van der Waals surface area contributed by atoms with Crippen molar-refractivity contribution in [1.29, 1.82) is 0 Å². The molecule has 0 spiro atoms. The molecule has 1 aromatic carbocycles. The molecule has 0 aliphatic carbocycles. The Kier molecular flexibility index (Phi) is 3.43. The molecule has 0 amide bonds. The summed E-state index contributed by atoms with van der Waals surface area (Å²) in [6.45, 7) is 0.152. The zero-order chi connectivity index (χ0) is 10.7. The van der Waals surface area contributed by atoms with Gasteiger partial charge in [0.05, 0.1) is 19.8 Å². The Morgan fingerprint density at radius 2 is 2.07 bits per heavy atom. The normalized spacial score (nSPS) is 10.0. The van der Waals surface area contributed by atoms with Crippen molar-refractivity contribution in [2.75, 3.05) is 14.2 Å². The lowest BCUT2D eigenvalue weighted by molar-refractivity contribution is 0.380. The zero-order valence-electron chi connectivity index (χ0n) is 8.00. The summed E-state index contributed by atoms with van der Waals surface area (Å²) >= 11 is 5.95. The largest absolute Gasteiger partial charge is 0.507 e. The van der Waals surface area contributed by atoms with Crippen molar-refractivity contribution in [3.8, 4) is 17.2 Å². The molecule has 0 fully saturated rings. The fourth-order valence-corrected chi connectivity index (χ4v) is 1.52. The van der Waals surface area contributed by atoms with E-state index in [4.69, 9.17) is 26.8 Å². The Bertz CT molecular complexity index is 341. The summed E-state index contributed by atoms with van der Waals surface area (Å²) < 4.78 is 9.99. The van der Waals surface area contributed by atoms with E-state index in [1.807, 2.05) is 0 Å². The van der Waals surface area contributed by atoms with Gasteiger partial charge in [-0.05, 0) is 0 Å². The monoisotopic (exact) mass is 217 g/mol. The van der Waals surface area contributed by atoms with Gasteiger partial charge in [0.2, 0.25) is 0 Å². The Hall–Kier alpha value is -1.13. The lowest BCUT2D eigenvalue weighted by Gasteiger charge is -2.13. The highest BCUT2D eigenvalue weighted by molar-refractivity contribution is 6.33. The third kappa shape index (κ3) is 1.71. The molecule has 0 atom stereocenters. The number of aromatic hydroxyl groups is 1. The molecule has 0 saturated heterocycles. The van der Waals surface area contributed by atoms with Crippen LogP contribution in [0.1, 0.15) is 5.56 Å². The standard InChI is InChI=1S/C9H12ClNO3/c1-13-7-3-6(12)5(4-11)9(14-2)8(7)10/h3,12H,4,11H2,1-2H3. The number of ether oxygens (including phenoxy) is 2. The van der Waals surface area contributed by atoms with E-state index in [-0.39, 0.29) is 12.3 Å². The molecule has 0 aromatic heterocycles. The van der Waals surface area contributed by atoms with Crippen LogP contribution in [0, 0.1) is 0 Å². The number of halogens is 1. The van der Waals surface area contributed by atoms with Crippen molar-refractivity contribution < 1.29 is 14.6 Å². The molecule has 0 aliphatic heterocycles. The predicted octanol–water partition coefficient (Wildman–Crippen LogP) is 1.52. The number of benzene rings is 1. The minimum atomic E-state index is 0.0191. The van der Waals surface area contributed by atoms with Crippen LogP contribution >= 0.6 is 11.6 Å². The molecule has 1 aromatic rings. The summed E-state index contributed by atoms with van der Waals surface area (Å²) in [5, 5.41) is 9.87. The van der Waals surface area contributed by atoms with E-state index in [9.17, 15) is 5.11 Å². The van der Waals surface area contributed by atoms with Crippen molar-refractivity contribution in [2.45, 2.75) is 6.54 Å². The van der Waals surface area contributed by atoms with Gasteiger partial charge in [0.1, 0.15) is 22.3 Å². The maximum atomic E-state index is 9.56. The van der Waals surface area contributed by atoms with Gasteiger partial charge in [-0.2, -0.15) is 0 Å². The van der Waals surface area contributed by atoms with Crippen LogP contribution in [0.2, 0.25) is 5.02 Å². The topological polar surface area (TPSA) is 64.7 Å². The van der Waals surface area contributed by atoms with Crippen LogP contribution in [0.15, 0.2) is 6.07 Å². The number of nitrogens with two attached hydrogens (primary N) is 1. The molecule has 1 rings (SSSR count). The Morgan fingerprint density at radius 3 is 2.50 bits per heavy atom. The number of hydrogen-bond acceptors (Lipinski definition) is 4. The summed E-state index contributed by atoms with van der Waals surface area (Å²) in [6, 6.07) is 1.41. The van der Waals surface area contributed by atoms with E-state index in [1.165, 1.54) is 20.3 Å². The molecule has 0 saturated carbocycles. The van der Waals surface area contributed by atoms with E-state index in [0.717, 1.165) is 0 Å². The molecular formula is C9H12ClNO3. The third-order valence-electron chi connectivity index (χ3n) is 1.89. The minimum absolute atomic E-state index is 0.0191. The summed E-state index contributed by atoms with van der Waals surface area (Å²) in [5.74, 6) is 0.731. The number of rotatable bonds is 3. The maximum Gasteiger partial charge on any atom is 0.149 e. The van der Waals surface area contributed by atoms with Crippen LogP contribution in [0.3, 0.4) is 0 Å². The SMILES string of the molecule is COc1cc(O)c(CN)c(OC)c1Cl. The van der Waals surface area contributed by atoms with Gasteiger partial charge in [-0.15, -0.1) is 0 Å². The Labute approximate surface area is 87.2 Å². The smallest absolute Gasteiger partial charge is 0.149 e. The van der Waals surface area contributed by atoms with Gasteiger partial charge in [-0.3, -0.25) is 0 Å². The first kappa shape index (κ1) is 10.9. The quantitative estimate of drug-likeness (QED) is 0.806. The van der Waals surface area contributed by atoms with E-state index >= 15 is 0 Å². The van der Waals surface area contributed by atoms with Crippen LogP contribution in [0.5, 0.6) is 17.2 Å². The average Bonchev–Trinajstić information content (AvgIpc) is 2.20. The van der Waals surface area contributed by atoms with Crippen molar-refractivity contribution >= 4 is 11.6 Å². The van der Waals surface area contributed by atoms with Gasteiger partial charge in [0.15, 0.2) is 0 Å². The van der Waals surface area contributed by atoms with E-state index < -0.39 is 0 Å². The highest BCUT2D eigenvalue weighted by Crippen LogP contribution is 2.41.